The summed E-state index contributed by atoms with van der Waals surface area (Å²) in [5.74, 6) is -1.22. The molecule has 0 spiro atoms. The van der Waals surface area contributed by atoms with E-state index in [1.165, 1.54) is 0 Å². The molecular weight excluding hydrogens is 295 g/mol. The van der Waals surface area contributed by atoms with Gasteiger partial charge in [0.1, 0.15) is 0 Å². The van der Waals surface area contributed by atoms with Crippen LogP contribution in [0.4, 0.5) is 18.3 Å². The summed E-state index contributed by atoms with van der Waals surface area (Å²) in [6.07, 6.45) is -4.59. The molecule has 1 heterocycles. The summed E-state index contributed by atoms with van der Waals surface area (Å²) in [5.41, 5.74) is 0.406. The molecule has 1 aromatic heterocycles. The third-order valence-corrected chi connectivity index (χ3v) is 3.21. The molecule has 0 saturated heterocycles. The summed E-state index contributed by atoms with van der Waals surface area (Å²) < 4.78 is 37.2. The van der Waals surface area contributed by atoms with E-state index in [1.807, 2.05) is 0 Å². The molecule has 0 saturated carbocycles. The average Bonchev–Trinajstić information content (AvgIpc) is 2.85. The Morgan fingerprint density at radius 1 is 1.25 bits per heavy atom. The summed E-state index contributed by atoms with van der Waals surface area (Å²) in [6, 6.07) is 6.89. The maximum atomic E-state index is 12.4. The molecule has 20 heavy (non-hydrogen) atoms. The van der Waals surface area contributed by atoms with Gasteiger partial charge < -0.3 is 10.4 Å². The number of alkyl halides is 3. The molecule has 2 aromatic rings. The predicted octanol–water partition coefficient (Wildman–Crippen LogP) is 2.79. The van der Waals surface area contributed by atoms with Gasteiger partial charge in [0.05, 0.1) is 0 Å². The Labute approximate surface area is 115 Å². The van der Waals surface area contributed by atoms with Crippen LogP contribution in [0.1, 0.15) is 16.6 Å². The highest BCUT2D eigenvalue weighted by atomic mass is 32.1. The predicted molar refractivity (Wildman–Crippen MR) is 65.4 cm³/mol. The number of nitrogens with zero attached hydrogens (tertiary/aromatic N) is 2. The van der Waals surface area contributed by atoms with E-state index in [2.05, 4.69) is 15.5 Å². The number of halogens is 3. The first-order valence-electron chi connectivity index (χ1n) is 5.33. The summed E-state index contributed by atoms with van der Waals surface area (Å²) in [6.45, 7) is 0. The van der Waals surface area contributed by atoms with Crippen LogP contribution in [0.5, 0.6) is 0 Å². The van der Waals surface area contributed by atoms with Crippen molar-refractivity contribution in [3.63, 3.8) is 0 Å². The van der Waals surface area contributed by atoms with Crippen LogP contribution < -0.4 is 5.32 Å². The normalized spacial score (nSPS) is 12.9. The standard InChI is InChI=1S/C11H8F3N3O2S/c12-11(13,14)9-16-17-10(20-9)15-7(8(18)19)6-4-2-1-3-5-6/h1-5,7H,(H,15,17)(H,18,19). The largest absolute Gasteiger partial charge is 0.479 e. The molecule has 1 aromatic carbocycles. The fourth-order valence-electron chi connectivity index (χ4n) is 1.45. The smallest absolute Gasteiger partial charge is 0.445 e. The van der Waals surface area contributed by atoms with Crippen LogP contribution in [0.2, 0.25) is 0 Å². The van der Waals surface area contributed by atoms with Crippen LogP contribution in [0.25, 0.3) is 0 Å². The van der Waals surface area contributed by atoms with E-state index in [0.29, 0.717) is 5.56 Å². The number of carboxylic acid groups (broad SMARTS) is 1. The van der Waals surface area contributed by atoms with Crippen LogP contribution in [0.3, 0.4) is 0 Å². The van der Waals surface area contributed by atoms with E-state index in [1.54, 1.807) is 30.3 Å². The van der Waals surface area contributed by atoms with E-state index in [4.69, 9.17) is 5.11 Å². The summed E-state index contributed by atoms with van der Waals surface area (Å²) >= 11 is 0.259. The lowest BCUT2D eigenvalue weighted by molar-refractivity contribution is -0.139. The maximum absolute atomic E-state index is 12.4. The zero-order valence-electron chi connectivity index (χ0n) is 9.76. The van der Waals surface area contributed by atoms with Crippen molar-refractivity contribution in [1.82, 2.24) is 10.2 Å². The number of rotatable bonds is 4. The third-order valence-electron chi connectivity index (χ3n) is 2.32. The molecule has 0 aliphatic rings. The minimum Gasteiger partial charge on any atom is -0.479 e. The molecule has 106 valence electrons. The summed E-state index contributed by atoms with van der Waals surface area (Å²) in [7, 11) is 0. The molecule has 1 unspecified atom stereocenters. The van der Waals surface area contributed by atoms with Crippen LogP contribution >= 0.6 is 11.3 Å². The number of aromatic nitrogens is 2. The zero-order chi connectivity index (χ0) is 14.8. The van der Waals surface area contributed by atoms with Gasteiger partial charge in [-0.25, -0.2) is 4.79 Å². The SMILES string of the molecule is O=C(O)C(Nc1nnc(C(F)(F)F)s1)c1ccccc1. The van der Waals surface area contributed by atoms with Gasteiger partial charge in [-0.2, -0.15) is 13.2 Å². The lowest BCUT2D eigenvalue weighted by Gasteiger charge is -2.13. The number of benzene rings is 1. The molecular formula is C11H8F3N3O2S. The van der Waals surface area contributed by atoms with Crippen molar-refractivity contribution in [2.45, 2.75) is 12.2 Å². The van der Waals surface area contributed by atoms with Crippen LogP contribution in [-0.2, 0) is 11.0 Å². The van der Waals surface area contributed by atoms with Crippen molar-refractivity contribution in [2.24, 2.45) is 0 Å². The second-order valence-electron chi connectivity index (χ2n) is 3.74. The Morgan fingerprint density at radius 2 is 1.90 bits per heavy atom. The van der Waals surface area contributed by atoms with Gasteiger partial charge in [-0.05, 0) is 5.56 Å². The van der Waals surface area contributed by atoms with Gasteiger partial charge in [-0.15, -0.1) is 10.2 Å². The monoisotopic (exact) mass is 303 g/mol. The lowest BCUT2D eigenvalue weighted by atomic mass is 10.1. The highest BCUT2D eigenvalue weighted by Crippen LogP contribution is 2.34. The zero-order valence-corrected chi connectivity index (χ0v) is 10.6. The van der Waals surface area contributed by atoms with Crippen molar-refractivity contribution in [2.75, 3.05) is 5.32 Å². The van der Waals surface area contributed by atoms with E-state index >= 15 is 0 Å². The molecule has 0 aliphatic heterocycles. The van der Waals surface area contributed by atoms with Crippen LogP contribution in [-0.4, -0.2) is 21.3 Å². The van der Waals surface area contributed by atoms with Gasteiger partial charge in [-0.1, -0.05) is 41.7 Å². The number of carbonyl (C=O) groups is 1. The van der Waals surface area contributed by atoms with Crippen LogP contribution in [0.15, 0.2) is 30.3 Å². The number of nitrogens with one attached hydrogen (secondary N) is 1. The Balaban J connectivity index is 2.22. The molecule has 2 rings (SSSR count). The van der Waals surface area contributed by atoms with Gasteiger partial charge in [0.25, 0.3) is 0 Å². The van der Waals surface area contributed by atoms with E-state index < -0.39 is 23.2 Å². The van der Waals surface area contributed by atoms with Crippen LogP contribution in [0, 0.1) is 0 Å². The molecule has 0 amide bonds. The summed E-state index contributed by atoms with van der Waals surface area (Å²) in [5, 5.41) is 16.5. The number of anilines is 1. The van der Waals surface area contributed by atoms with Crippen molar-refractivity contribution in [3.05, 3.63) is 40.9 Å². The number of hydrogen-bond donors (Lipinski definition) is 2. The fourth-order valence-corrected chi connectivity index (χ4v) is 2.09. The van der Waals surface area contributed by atoms with E-state index in [-0.39, 0.29) is 16.5 Å². The third kappa shape index (κ3) is 3.23. The molecule has 0 fully saturated rings. The Hall–Kier alpha value is -2.16. The lowest BCUT2D eigenvalue weighted by Crippen LogP contribution is -2.20. The first kappa shape index (κ1) is 14.3. The minimum atomic E-state index is -4.59. The quantitative estimate of drug-likeness (QED) is 0.908. The highest BCUT2D eigenvalue weighted by molar-refractivity contribution is 7.15. The average molecular weight is 303 g/mol. The van der Waals surface area contributed by atoms with Crippen molar-refractivity contribution < 1.29 is 23.1 Å². The van der Waals surface area contributed by atoms with Gasteiger partial charge in [0, 0.05) is 0 Å². The number of hydrogen-bond acceptors (Lipinski definition) is 5. The minimum absolute atomic E-state index is 0.200. The summed E-state index contributed by atoms with van der Waals surface area (Å²) in [4.78, 5) is 11.2. The highest BCUT2D eigenvalue weighted by Gasteiger charge is 2.36. The Morgan fingerprint density at radius 3 is 2.40 bits per heavy atom. The molecule has 0 radical (unpaired) electrons. The Bertz CT molecular complexity index is 600. The van der Waals surface area contributed by atoms with Gasteiger partial charge in [-0.3, -0.25) is 0 Å². The first-order chi connectivity index (χ1) is 9.38. The molecule has 9 heteroatoms. The second-order valence-corrected chi connectivity index (χ2v) is 4.71. The first-order valence-corrected chi connectivity index (χ1v) is 6.14. The Kier molecular flexibility index (Phi) is 3.89. The molecule has 1 atom stereocenters. The van der Waals surface area contributed by atoms with E-state index in [9.17, 15) is 18.0 Å². The molecule has 5 nitrogen and oxygen atoms in total. The van der Waals surface area contributed by atoms with Gasteiger partial charge in [0.2, 0.25) is 10.1 Å². The topological polar surface area (TPSA) is 75.1 Å². The van der Waals surface area contributed by atoms with Crippen molar-refractivity contribution >= 4 is 22.4 Å². The number of carboxylic acids is 1. The number of aliphatic carboxylic acids is 1. The second kappa shape index (κ2) is 5.45. The van der Waals surface area contributed by atoms with E-state index in [0.717, 1.165) is 0 Å². The van der Waals surface area contributed by atoms with Gasteiger partial charge in [0.15, 0.2) is 6.04 Å². The van der Waals surface area contributed by atoms with Gasteiger partial charge >= 0.3 is 12.1 Å². The fraction of sp³-hybridized carbons (Fsp3) is 0.182. The maximum Gasteiger partial charge on any atom is 0.445 e. The van der Waals surface area contributed by atoms with Crippen molar-refractivity contribution in [1.29, 1.82) is 0 Å². The molecule has 0 aliphatic carbocycles. The molecule has 0 bridgehead atoms. The molecule has 2 N–H and O–H groups in total. The van der Waals surface area contributed by atoms with Crippen molar-refractivity contribution in [3.8, 4) is 0 Å².